The number of nitrogens with zero attached hydrogens (tertiary/aromatic N) is 3. The number of aromatic amines is 1. The van der Waals surface area contributed by atoms with Gasteiger partial charge in [-0.05, 0) is 56.8 Å². The molecule has 5 rings (SSSR count). The van der Waals surface area contributed by atoms with E-state index < -0.39 is 5.97 Å². The molecule has 3 aliphatic carbocycles. The summed E-state index contributed by atoms with van der Waals surface area (Å²) in [6.07, 6.45) is 7.43. The van der Waals surface area contributed by atoms with Crippen LogP contribution in [0.2, 0.25) is 0 Å². The lowest BCUT2D eigenvalue weighted by atomic mass is 9.53. The molecule has 0 atom stereocenters. The molecular weight excluding hydrogens is 398 g/mol. The van der Waals surface area contributed by atoms with E-state index in [1.54, 1.807) is 4.57 Å². The lowest BCUT2D eigenvalue weighted by Gasteiger charge is -2.52. The lowest BCUT2D eigenvalue weighted by Crippen LogP contribution is -2.49. The van der Waals surface area contributed by atoms with Crippen molar-refractivity contribution in [1.29, 1.82) is 0 Å². The van der Waals surface area contributed by atoms with Gasteiger partial charge in [0.25, 0.3) is 5.56 Å². The highest BCUT2D eigenvalue weighted by Gasteiger charge is 2.50. The third-order valence-electron chi connectivity index (χ3n) is 7.44. The first-order valence-electron chi connectivity index (χ1n) is 11.5. The van der Waals surface area contributed by atoms with Crippen LogP contribution < -0.4 is 16.6 Å². The molecule has 0 unspecified atom stereocenters. The summed E-state index contributed by atoms with van der Waals surface area (Å²) in [6.45, 7) is 5.64. The molecule has 2 heterocycles. The van der Waals surface area contributed by atoms with E-state index in [2.05, 4.69) is 10.3 Å². The first-order chi connectivity index (χ1) is 14.8. The van der Waals surface area contributed by atoms with Crippen molar-refractivity contribution in [3.8, 4) is 0 Å². The summed E-state index contributed by atoms with van der Waals surface area (Å²) in [5, 5.41) is 12.0. The zero-order chi connectivity index (χ0) is 22.2. The van der Waals surface area contributed by atoms with Crippen molar-refractivity contribution in [2.75, 3.05) is 13.1 Å². The Bertz CT molecular complexity index is 1070. The second kappa shape index (κ2) is 8.26. The Labute approximate surface area is 180 Å². The molecule has 170 valence electrons. The summed E-state index contributed by atoms with van der Waals surface area (Å²) < 4.78 is 2.98. The number of rotatable bonds is 9. The van der Waals surface area contributed by atoms with Gasteiger partial charge in [0.15, 0.2) is 5.65 Å². The number of carbonyl (C=O) groups is 1. The number of H-pyrrole nitrogens is 1. The Morgan fingerprint density at radius 3 is 2.26 bits per heavy atom. The highest BCUT2D eigenvalue weighted by atomic mass is 16.4. The van der Waals surface area contributed by atoms with Crippen molar-refractivity contribution in [2.24, 2.45) is 5.41 Å². The summed E-state index contributed by atoms with van der Waals surface area (Å²) in [6, 6.07) is 0. The summed E-state index contributed by atoms with van der Waals surface area (Å²) >= 11 is 0. The van der Waals surface area contributed by atoms with Crippen LogP contribution in [0, 0.1) is 5.41 Å². The fourth-order valence-electron chi connectivity index (χ4n) is 5.58. The lowest BCUT2D eigenvalue weighted by molar-refractivity contribution is -0.136. The van der Waals surface area contributed by atoms with Gasteiger partial charge in [-0.1, -0.05) is 13.8 Å². The minimum atomic E-state index is -0.827. The average molecular weight is 432 g/mol. The number of aromatic nitrogens is 4. The molecule has 9 heteroatoms. The number of carboxylic acid groups (broad SMARTS) is 1. The molecular formula is C22H33N5O4. The molecule has 0 spiro atoms. The largest absolute Gasteiger partial charge is 0.480 e. The van der Waals surface area contributed by atoms with Crippen molar-refractivity contribution in [3.05, 3.63) is 26.7 Å². The molecule has 3 saturated carbocycles. The molecule has 2 aromatic rings. The van der Waals surface area contributed by atoms with Crippen molar-refractivity contribution >= 4 is 17.1 Å². The van der Waals surface area contributed by atoms with E-state index >= 15 is 0 Å². The summed E-state index contributed by atoms with van der Waals surface area (Å²) in [5.74, 6) is 0.0105. The van der Waals surface area contributed by atoms with Gasteiger partial charge in [-0.3, -0.25) is 18.7 Å². The van der Waals surface area contributed by atoms with Crippen molar-refractivity contribution in [1.82, 2.24) is 24.4 Å². The molecule has 2 aromatic heterocycles. The fourth-order valence-corrected chi connectivity index (χ4v) is 5.58. The van der Waals surface area contributed by atoms with Gasteiger partial charge in [-0.15, -0.1) is 0 Å². The van der Waals surface area contributed by atoms with E-state index in [-0.39, 0.29) is 28.6 Å². The van der Waals surface area contributed by atoms with Gasteiger partial charge in [0.2, 0.25) is 0 Å². The quantitative estimate of drug-likeness (QED) is 0.558. The van der Waals surface area contributed by atoms with Crippen LogP contribution in [0.4, 0.5) is 0 Å². The molecule has 9 nitrogen and oxygen atoms in total. The SMILES string of the molecule is CCCn1c(=O)c2[nH]c(C34CCC(CNCC(=O)O)(CC3)CC4)nc2n(CCC)c1=O. The number of aryl methyl sites for hydroxylation is 1. The molecule has 0 aliphatic heterocycles. The number of carboxylic acids is 1. The molecule has 2 bridgehead atoms. The van der Waals surface area contributed by atoms with Crippen LogP contribution in [0.3, 0.4) is 0 Å². The first-order valence-corrected chi connectivity index (χ1v) is 11.5. The number of hydrogen-bond donors (Lipinski definition) is 3. The Morgan fingerprint density at radius 1 is 1.06 bits per heavy atom. The minimum Gasteiger partial charge on any atom is -0.480 e. The maximum Gasteiger partial charge on any atom is 0.332 e. The third kappa shape index (κ3) is 3.73. The predicted molar refractivity (Wildman–Crippen MR) is 118 cm³/mol. The van der Waals surface area contributed by atoms with Gasteiger partial charge in [0, 0.05) is 25.0 Å². The molecule has 0 aromatic carbocycles. The van der Waals surface area contributed by atoms with Crippen LogP contribution >= 0.6 is 0 Å². The maximum atomic E-state index is 13.0. The van der Waals surface area contributed by atoms with Gasteiger partial charge < -0.3 is 15.4 Å². The van der Waals surface area contributed by atoms with Crippen LogP contribution in [0.15, 0.2) is 9.59 Å². The second-order valence-corrected chi connectivity index (χ2v) is 9.45. The van der Waals surface area contributed by atoms with E-state index in [0.717, 1.165) is 63.7 Å². The third-order valence-corrected chi connectivity index (χ3v) is 7.44. The zero-order valence-electron chi connectivity index (χ0n) is 18.5. The monoisotopic (exact) mass is 431 g/mol. The van der Waals surface area contributed by atoms with E-state index in [0.29, 0.717) is 24.3 Å². The zero-order valence-corrected chi connectivity index (χ0v) is 18.5. The standard InChI is InChI=1S/C22H33N5O4/c1-3-11-26-17-16(18(30)27(12-4-2)20(26)31)24-19(25-17)22-8-5-21(6-9-22,7-10-22)14-23-13-15(28)29/h23H,3-14H2,1-2H3,(H,24,25)(H,28,29). The Balaban J connectivity index is 1.66. The Kier molecular flexibility index (Phi) is 5.81. The van der Waals surface area contributed by atoms with E-state index in [4.69, 9.17) is 10.1 Å². The maximum absolute atomic E-state index is 13.0. The van der Waals surface area contributed by atoms with Crippen LogP contribution in [0.5, 0.6) is 0 Å². The van der Waals surface area contributed by atoms with Crippen LogP contribution in [-0.4, -0.2) is 43.3 Å². The number of fused-ring (bicyclic) bond motifs is 4. The highest BCUT2D eigenvalue weighted by molar-refractivity contribution is 5.70. The number of aliphatic carboxylic acids is 1. The fraction of sp³-hybridized carbons (Fsp3) is 0.727. The van der Waals surface area contributed by atoms with Gasteiger partial charge in [0.05, 0.1) is 6.54 Å². The Hall–Kier alpha value is -2.42. The molecule has 3 fully saturated rings. The van der Waals surface area contributed by atoms with E-state index in [9.17, 15) is 14.4 Å². The van der Waals surface area contributed by atoms with Gasteiger partial charge in [0.1, 0.15) is 11.3 Å². The van der Waals surface area contributed by atoms with Crippen molar-refractivity contribution in [3.63, 3.8) is 0 Å². The van der Waals surface area contributed by atoms with Gasteiger partial charge >= 0.3 is 11.7 Å². The highest BCUT2D eigenvalue weighted by Crippen LogP contribution is 2.57. The van der Waals surface area contributed by atoms with Crippen LogP contribution in [-0.2, 0) is 23.3 Å². The number of hydrogen-bond acceptors (Lipinski definition) is 5. The summed E-state index contributed by atoms with van der Waals surface area (Å²) in [4.78, 5) is 45.0. The smallest absolute Gasteiger partial charge is 0.332 e. The summed E-state index contributed by atoms with van der Waals surface area (Å²) in [7, 11) is 0. The molecule has 3 aliphatic rings. The topological polar surface area (TPSA) is 122 Å². The number of imidazole rings is 1. The van der Waals surface area contributed by atoms with Crippen LogP contribution in [0.25, 0.3) is 11.2 Å². The summed E-state index contributed by atoms with van der Waals surface area (Å²) in [5.41, 5.74) is 0.440. The van der Waals surface area contributed by atoms with E-state index in [1.165, 1.54) is 4.57 Å². The van der Waals surface area contributed by atoms with E-state index in [1.807, 2.05) is 13.8 Å². The molecule has 3 N–H and O–H groups in total. The average Bonchev–Trinajstić information content (AvgIpc) is 3.21. The second-order valence-electron chi connectivity index (χ2n) is 9.45. The molecule has 31 heavy (non-hydrogen) atoms. The molecule has 0 amide bonds. The number of nitrogens with one attached hydrogen (secondary N) is 2. The van der Waals surface area contributed by atoms with Crippen molar-refractivity contribution < 1.29 is 9.90 Å². The van der Waals surface area contributed by atoms with Crippen LogP contribution in [0.1, 0.15) is 71.0 Å². The van der Waals surface area contributed by atoms with Crippen molar-refractivity contribution in [2.45, 2.75) is 83.7 Å². The first kappa shape index (κ1) is 21.8. The normalized spacial score (nSPS) is 25.4. The molecule has 0 saturated heterocycles. The Morgan fingerprint density at radius 2 is 1.68 bits per heavy atom. The predicted octanol–water partition coefficient (Wildman–Crippen LogP) is 1.97. The van der Waals surface area contributed by atoms with Gasteiger partial charge in [-0.2, -0.15) is 0 Å². The minimum absolute atomic E-state index is 0.00450. The molecule has 0 radical (unpaired) electrons. The van der Waals surface area contributed by atoms with Gasteiger partial charge in [-0.25, -0.2) is 9.78 Å².